The summed E-state index contributed by atoms with van der Waals surface area (Å²) in [5.41, 5.74) is 3.16. The van der Waals surface area contributed by atoms with Crippen molar-refractivity contribution in [2.75, 3.05) is 26.3 Å². The molecule has 0 saturated carbocycles. The molecule has 0 spiro atoms. The summed E-state index contributed by atoms with van der Waals surface area (Å²) in [6.07, 6.45) is 2.89. The van der Waals surface area contributed by atoms with Crippen LogP contribution in [0.2, 0.25) is 5.02 Å². The quantitative estimate of drug-likeness (QED) is 0.586. The van der Waals surface area contributed by atoms with Crippen LogP contribution >= 0.6 is 11.6 Å². The lowest BCUT2D eigenvalue weighted by Gasteiger charge is -2.14. The molecule has 2 rings (SSSR count). The molecule has 24 heavy (non-hydrogen) atoms. The Hall–Kier alpha value is -2.74. The van der Waals surface area contributed by atoms with E-state index in [0.717, 1.165) is 0 Å². The van der Waals surface area contributed by atoms with Crippen molar-refractivity contribution in [3.05, 3.63) is 39.3 Å². The lowest BCUT2D eigenvalue weighted by Crippen LogP contribution is -2.10. The van der Waals surface area contributed by atoms with E-state index in [1.165, 1.54) is 26.6 Å². The molecule has 1 heterocycles. The zero-order valence-corrected chi connectivity index (χ0v) is 14.2. The van der Waals surface area contributed by atoms with Crippen LogP contribution in [0.4, 0.5) is 5.69 Å². The van der Waals surface area contributed by atoms with E-state index in [1.807, 2.05) is 6.92 Å². The van der Waals surface area contributed by atoms with E-state index >= 15 is 0 Å². The van der Waals surface area contributed by atoms with Gasteiger partial charge in [0, 0.05) is 5.56 Å². The van der Waals surface area contributed by atoms with Crippen LogP contribution in [-0.4, -0.2) is 37.2 Å². The first-order valence-electron chi connectivity index (χ1n) is 7.01. The first-order valence-corrected chi connectivity index (χ1v) is 7.39. The average Bonchev–Trinajstić information content (AvgIpc) is 2.59. The summed E-state index contributed by atoms with van der Waals surface area (Å²) in [4.78, 5) is 11.4. The number of nitrogens with one attached hydrogen (secondary N) is 2. The van der Waals surface area contributed by atoms with Gasteiger partial charge in [0.1, 0.15) is 10.7 Å². The molecule has 0 aliphatic carbocycles. The van der Waals surface area contributed by atoms with Gasteiger partial charge in [-0.25, -0.2) is 5.10 Å². The van der Waals surface area contributed by atoms with E-state index in [-0.39, 0.29) is 5.02 Å². The number of anilines is 1. The van der Waals surface area contributed by atoms with Crippen molar-refractivity contribution >= 4 is 23.5 Å². The second-order valence-electron chi connectivity index (χ2n) is 4.48. The Morgan fingerprint density at radius 2 is 2.00 bits per heavy atom. The smallest absolute Gasteiger partial charge is 0.285 e. The molecule has 0 bridgehead atoms. The van der Waals surface area contributed by atoms with Crippen molar-refractivity contribution in [1.82, 2.24) is 10.2 Å². The second kappa shape index (κ2) is 8.21. The summed E-state index contributed by atoms with van der Waals surface area (Å²) < 4.78 is 16.2. The molecule has 0 fully saturated rings. The Balaban J connectivity index is 2.25. The lowest BCUT2D eigenvalue weighted by atomic mass is 10.2. The highest BCUT2D eigenvalue weighted by atomic mass is 35.5. The number of nitrogens with zero attached hydrogens (tertiary/aromatic N) is 2. The van der Waals surface area contributed by atoms with E-state index < -0.39 is 5.56 Å². The van der Waals surface area contributed by atoms with E-state index in [0.29, 0.717) is 35.1 Å². The lowest BCUT2D eigenvalue weighted by molar-refractivity contribution is 0.288. The number of methoxy groups -OCH3 is 2. The summed E-state index contributed by atoms with van der Waals surface area (Å²) in [7, 11) is 3.08. The van der Waals surface area contributed by atoms with E-state index in [9.17, 15) is 4.79 Å². The van der Waals surface area contributed by atoms with Crippen molar-refractivity contribution in [1.29, 1.82) is 0 Å². The maximum atomic E-state index is 11.4. The fourth-order valence-electron chi connectivity index (χ4n) is 1.90. The molecule has 0 saturated heterocycles. The van der Waals surface area contributed by atoms with Crippen molar-refractivity contribution in [3.8, 4) is 17.2 Å². The van der Waals surface area contributed by atoms with E-state index in [1.54, 1.807) is 12.1 Å². The summed E-state index contributed by atoms with van der Waals surface area (Å²) in [5, 5.41) is 9.87. The van der Waals surface area contributed by atoms with Gasteiger partial charge >= 0.3 is 0 Å². The monoisotopic (exact) mass is 352 g/mol. The highest BCUT2D eigenvalue weighted by Crippen LogP contribution is 2.38. The maximum Gasteiger partial charge on any atom is 0.285 e. The van der Waals surface area contributed by atoms with Crippen LogP contribution in [0.1, 0.15) is 12.5 Å². The highest BCUT2D eigenvalue weighted by Gasteiger charge is 2.13. The highest BCUT2D eigenvalue weighted by molar-refractivity contribution is 6.32. The third-order valence-corrected chi connectivity index (χ3v) is 3.34. The van der Waals surface area contributed by atoms with E-state index in [4.69, 9.17) is 25.8 Å². The number of benzene rings is 1. The Morgan fingerprint density at radius 3 is 2.58 bits per heavy atom. The summed E-state index contributed by atoms with van der Waals surface area (Å²) >= 11 is 5.85. The third-order valence-electron chi connectivity index (χ3n) is 2.97. The van der Waals surface area contributed by atoms with Crippen LogP contribution in [0.25, 0.3) is 0 Å². The first-order chi connectivity index (χ1) is 11.6. The molecule has 0 aliphatic rings. The SMILES string of the molecule is CCOc1c(OC)cc(/C=N\Nc2cn[nH]c(=O)c2Cl)cc1OC. The van der Waals surface area contributed by atoms with Crippen LogP contribution in [0, 0.1) is 0 Å². The van der Waals surface area contributed by atoms with Gasteiger partial charge in [-0.2, -0.15) is 10.2 Å². The van der Waals surface area contributed by atoms with Crippen LogP contribution in [0.15, 0.2) is 28.2 Å². The van der Waals surface area contributed by atoms with Gasteiger partial charge in [-0.1, -0.05) is 11.6 Å². The molecule has 128 valence electrons. The number of aromatic amines is 1. The second-order valence-corrected chi connectivity index (χ2v) is 4.86. The predicted octanol–water partition coefficient (Wildman–Crippen LogP) is 2.29. The van der Waals surface area contributed by atoms with Gasteiger partial charge in [0.2, 0.25) is 5.75 Å². The fraction of sp³-hybridized carbons (Fsp3) is 0.267. The fourth-order valence-corrected chi connectivity index (χ4v) is 2.03. The predicted molar refractivity (Wildman–Crippen MR) is 91.8 cm³/mol. The van der Waals surface area contributed by atoms with Crippen LogP contribution in [0.5, 0.6) is 17.2 Å². The molecule has 1 aromatic carbocycles. The summed E-state index contributed by atoms with van der Waals surface area (Å²) in [6.45, 7) is 2.35. The molecule has 2 N–H and O–H groups in total. The van der Waals surface area contributed by atoms with Gasteiger partial charge in [-0.05, 0) is 19.1 Å². The van der Waals surface area contributed by atoms with Crippen LogP contribution < -0.4 is 25.2 Å². The summed E-state index contributed by atoms with van der Waals surface area (Å²) in [5.74, 6) is 1.57. The molecule has 0 unspecified atom stereocenters. The number of hydrogen-bond acceptors (Lipinski definition) is 7. The van der Waals surface area contributed by atoms with Gasteiger partial charge in [0.25, 0.3) is 5.56 Å². The van der Waals surface area contributed by atoms with Gasteiger partial charge in [0.15, 0.2) is 11.5 Å². The Bertz CT molecular complexity index is 766. The minimum absolute atomic E-state index is 0.0241. The molecular formula is C15H17ClN4O4. The number of H-pyrrole nitrogens is 1. The molecule has 0 radical (unpaired) electrons. The molecular weight excluding hydrogens is 336 g/mol. The summed E-state index contributed by atoms with van der Waals surface area (Å²) in [6, 6.07) is 3.49. The Kier molecular flexibility index (Phi) is 6.02. The first kappa shape index (κ1) is 17.6. The number of hydrazone groups is 1. The third kappa shape index (κ3) is 3.96. The number of aromatic nitrogens is 2. The number of hydrogen-bond donors (Lipinski definition) is 2. The minimum Gasteiger partial charge on any atom is -0.493 e. The van der Waals surface area contributed by atoms with Crippen LogP contribution in [0.3, 0.4) is 0 Å². The van der Waals surface area contributed by atoms with Crippen molar-refractivity contribution in [3.63, 3.8) is 0 Å². The molecule has 0 amide bonds. The van der Waals surface area contributed by atoms with Crippen molar-refractivity contribution in [2.45, 2.75) is 6.92 Å². The van der Waals surface area contributed by atoms with Crippen molar-refractivity contribution < 1.29 is 14.2 Å². The number of ether oxygens (including phenoxy) is 3. The zero-order chi connectivity index (χ0) is 17.5. The van der Waals surface area contributed by atoms with Gasteiger partial charge in [0.05, 0.1) is 33.2 Å². The van der Waals surface area contributed by atoms with Gasteiger partial charge < -0.3 is 14.2 Å². The normalized spacial score (nSPS) is 10.7. The standard InChI is InChI=1S/C15H17ClN4O4/c1-4-24-14-11(22-2)5-9(6-12(14)23-3)7-17-19-10-8-18-20-15(21)13(10)16/h5-8H,4H2,1-3H3,(H2,19,20,21)/b17-7-. The largest absolute Gasteiger partial charge is 0.493 e. The Morgan fingerprint density at radius 1 is 1.33 bits per heavy atom. The van der Waals surface area contributed by atoms with E-state index in [2.05, 4.69) is 20.7 Å². The Labute approximate surface area is 143 Å². The molecule has 2 aromatic rings. The molecule has 8 nitrogen and oxygen atoms in total. The minimum atomic E-state index is -0.499. The van der Waals surface area contributed by atoms with Crippen molar-refractivity contribution in [2.24, 2.45) is 5.10 Å². The van der Waals surface area contributed by atoms with Gasteiger partial charge in [-0.3, -0.25) is 10.2 Å². The van der Waals surface area contributed by atoms with Crippen LogP contribution in [-0.2, 0) is 0 Å². The number of rotatable bonds is 7. The molecule has 0 atom stereocenters. The maximum absolute atomic E-state index is 11.4. The van der Waals surface area contributed by atoms with Gasteiger partial charge in [-0.15, -0.1) is 0 Å². The number of halogens is 1. The molecule has 9 heteroatoms. The topological polar surface area (TPSA) is 97.8 Å². The molecule has 1 aromatic heterocycles. The molecule has 0 aliphatic heterocycles. The zero-order valence-electron chi connectivity index (χ0n) is 13.4. The average molecular weight is 353 g/mol.